The fourth-order valence-corrected chi connectivity index (χ4v) is 3.86. The highest BCUT2D eigenvalue weighted by atomic mass is 35.5. The number of piperazine rings is 1. The maximum Gasteiger partial charge on any atom is 0.0561 e. The molecule has 1 aliphatic heterocycles. The first-order valence-electron chi connectivity index (χ1n) is 6.86. The Hall–Kier alpha value is 0.490. The van der Waals surface area contributed by atoms with Gasteiger partial charge in [0.25, 0.3) is 0 Å². The zero-order chi connectivity index (χ0) is 13.0. The lowest BCUT2D eigenvalue weighted by Crippen LogP contribution is -2.45. The molecule has 118 valence electrons. The van der Waals surface area contributed by atoms with Gasteiger partial charge < -0.3 is 5.32 Å². The average Bonchev–Trinajstić information content (AvgIpc) is 2.77. The Morgan fingerprint density at radius 1 is 1.25 bits per heavy atom. The van der Waals surface area contributed by atoms with E-state index in [4.69, 9.17) is 11.6 Å². The van der Waals surface area contributed by atoms with Crippen molar-refractivity contribution in [3.8, 4) is 0 Å². The largest absolute Gasteiger partial charge is 0.314 e. The Morgan fingerprint density at radius 2 is 1.90 bits per heavy atom. The summed E-state index contributed by atoms with van der Waals surface area (Å²) in [5.74, 6) is 0.758. The molecule has 0 aliphatic carbocycles. The lowest BCUT2D eigenvalue weighted by molar-refractivity contribution is 0.162. The Kier molecular flexibility index (Phi) is 10.5. The molecule has 1 N–H and O–H groups in total. The molecule has 2 heterocycles. The summed E-state index contributed by atoms with van der Waals surface area (Å²) in [6.45, 7) is 9.06. The van der Waals surface area contributed by atoms with Gasteiger partial charge >= 0.3 is 0 Å². The lowest BCUT2D eigenvalue weighted by atomic mass is 10.0. The van der Waals surface area contributed by atoms with Crippen LogP contribution >= 0.6 is 47.8 Å². The zero-order valence-electron chi connectivity index (χ0n) is 12.1. The van der Waals surface area contributed by atoms with Crippen LogP contribution in [0.3, 0.4) is 0 Å². The molecule has 2 nitrogen and oxygen atoms in total. The molecule has 0 unspecified atom stereocenters. The Balaban J connectivity index is 0.00000180. The maximum absolute atomic E-state index is 6.34. The van der Waals surface area contributed by atoms with Crippen molar-refractivity contribution < 1.29 is 0 Å². The second-order valence-electron chi connectivity index (χ2n) is 5.41. The molecule has 0 radical (unpaired) electrons. The molecule has 1 atom stereocenters. The summed E-state index contributed by atoms with van der Waals surface area (Å²) in [4.78, 5) is 3.95. The molecular weight excluding hydrogens is 335 g/mol. The Bertz CT molecular complexity index is 365. The van der Waals surface area contributed by atoms with Crippen LogP contribution in [-0.2, 0) is 0 Å². The summed E-state index contributed by atoms with van der Waals surface area (Å²) in [7, 11) is 0. The molecule has 1 aliphatic rings. The van der Waals surface area contributed by atoms with E-state index in [1.54, 1.807) is 0 Å². The van der Waals surface area contributed by atoms with Crippen LogP contribution in [0.5, 0.6) is 0 Å². The van der Waals surface area contributed by atoms with E-state index in [1.807, 2.05) is 17.4 Å². The second kappa shape index (κ2) is 10.3. The quantitative estimate of drug-likeness (QED) is 0.824. The lowest BCUT2D eigenvalue weighted by Gasteiger charge is -2.35. The minimum absolute atomic E-state index is 0. The van der Waals surface area contributed by atoms with Crippen LogP contribution in [0.4, 0.5) is 0 Å². The number of nitrogens with zero attached hydrogens (tertiary/aromatic N) is 1. The normalized spacial score (nSPS) is 17.4. The van der Waals surface area contributed by atoms with Crippen molar-refractivity contribution in [2.75, 3.05) is 26.2 Å². The van der Waals surface area contributed by atoms with Crippen molar-refractivity contribution in [2.45, 2.75) is 32.7 Å². The summed E-state index contributed by atoms with van der Waals surface area (Å²) >= 11 is 8.15. The number of hydrogen-bond acceptors (Lipinski definition) is 3. The highest BCUT2D eigenvalue weighted by Gasteiger charge is 2.24. The highest BCUT2D eigenvalue weighted by molar-refractivity contribution is 7.10. The molecule has 0 amide bonds. The van der Waals surface area contributed by atoms with Crippen LogP contribution in [-0.4, -0.2) is 31.1 Å². The molecule has 2 rings (SSSR count). The summed E-state index contributed by atoms with van der Waals surface area (Å²) < 4.78 is 0. The van der Waals surface area contributed by atoms with E-state index in [0.29, 0.717) is 6.04 Å². The maximum atomic E-state index is 6.34. The molecule has 0 aromatic carbocycles. The summed E-state index contributed by atoms with van der Waals surface area (Å²) in [5, 5.41) is 6.49. The monoisotopic (exact) mass is 358 g/mol. The molecule has 0 bridgehead atoms. The van der Waals surface area contributed by atoms with Crippen LogP contribution < -0.4 is 5.32 Å². The highest BCUT2D eigenvalue weighted by Crippen LogP contribution is 2.36. The fourth-order valence-electron chi connectivity index (χ4n) is 2.51. The van der Waals surface area contributed by atoms with Gasteiger partial charge in [-0.3, -0.25) is 4.90 Å². The van der Waals surface area contributed by atoms with Crippen LogP contribution in [0, 0.1) is 5.92 Å². The van der Waals surface area contributed by atoms with Gasteiger partial charge in [-0.2, -0.15) is 0 Å². The van der Waals surface area contributed by atoms with E-state index < -0.39 is 0 Å². The van der Waals surface area contributed by atoms with Crippen LogP contribution in [0.25, 0.3) is 0 Å². The number of hydrogen-bond donors (Lipinski definition) is 1. The van der Waals surface area contributed by atoms with Gasteiger partial charge in [0.2, 0.25) is 0 Å². The second-order valence-corrected chi connectivity index (χ2v) is 6.76. The van der Waals surface area contributed by atoms with Crippen molar-refractivity contribution in [3.05, 3.63) is 21.3 Å². The third-order valence-electron chi connectivity index (χ3n) is 3.56. The first-order valence-corrected chi connectivity index (χ1v) is 8.12. The smallest absolute Gasteiger partial charge is 0.0561 e. The molecule has 1 saturated heterocycles. The fraction of sp³-hybridized carbons (Fsp3) is 0.714. The summed E-state index contributed by atoms with van der Waals surface area (Å²) in [6, 6.07) is 2.55. The van der Waals surface area contributed by atoms with E-state index in [9.17, 15) is 0 Å². The van der Waals surface area contributed by atoms with Gasteiger partial charge in [-0.25, -0.2) is 0 Å². The van der Waals surface area contributed by atoms with Crippen molar-refractivity contribution in [1.29, 1.82) is 0 Å². The van der Waals surface area contributed by atoms with E-state index in [-0.39, 0.29) is 24.8 Å². The third kappa shape index (κ3) is 5.70. The van der Waals surface area contributed by atoms with Crippen LogP contribution in [0.15, 0.2) is 11.4 Å². The van der Waals surface area contributed by atoms with Gasteiger partial charge in [0.1, 0.15) is 0 Å². The van der Waals surface area contributed by atoms with Crippen molar-refractivity contribution in [3.63, 3.8) is 0 Å². The SMILES string of the molecule is CC(C)CC[C@H](c1sccc1Cl)N1CCNCC1.Cl.Cl. The molecule has 0 spiro atoms. The minimum atomic E-state index is 0. The third-order valence-corrected chi connectivity index (χ3v) is 5.02. The predicted octanol–water partition coefficient (Wildman–Crippen LogP) is 4.63. The molecule has 1 fully saturated rings. The standard InChI is InChI=1S/C14H23ClN2S.2ClH/c1-11(2)3-4-13(14-12(15)5-10-18-14)17-8-6-16-7-9-17;;/h5,10-11,13,16H,3-4,6-9H2,1-2H3;2*1H/t13-;;/m1../s1. The van der Waals surface area contributed by atoms with Gasteiger partial charge in [-0.1, -0.05) is 25.4 Å². The Labute approximate surface area is 144 Å². The minimum Gasteiger partial charge on any atom is -0.314 e. The predicted molar refractivity (Wildman–Crippen MR) is 95.1 cm³/mol. The molecule has 1 aromatic heterocycles. The topological polar surface area (TPSA) is 15.3 Å². The van der Waals surface area contributed by atoms with E-state index in [1.165, 1.54) is 17.7 Å². The van der Waals surface area contributed by atoms with Gasteiger partial charge in [0.05, 0.1) is 5.02 Å². The van der Waals surface area contributed by atoms with E-state index >= 15 is 0 Å². The van der Waals surface area contributed by atoms with Crippen LogP contribution in [0.1, 0.15) is 37.6 Å². The molecule has 20 heavy (non-hydrogen) atoms. The Morgan fingerprint density at radius 3 is 2.40 bits per heavy atom. The first-order chi connectivity index (χ1) is 8.68. The zero-order valence-corrected chi connectivity index (χ0v) is 15.3. The van der Waals surface area contributed by atoms with Gasteiger partial charge in [-0.15, -0.1) is 36.2 Å². The van der Waals surface area contributed by atoms with Crippen molar-refractivity contribution in [2.24, 2.45) is 5.92 Å². The number of halogens is 3. The number of thiophene rings is 1. The first kappa shape index (κ1) is 20.5. The molecule has 1 aromatic rings. The van der Waals surface area contributed by atoms with Crippen molar-refractivity contribution in [1.82, 2.24) is 10.2 Å². The van der Waals surface area contributed by atoms with Gasteiger partial charge in [0.15, 0.2) is 0 Å². The van der Waals surface area contributed by atoms with E-state index in [0.717, 1.165) is 37.1 Å². The van der Waals surface area contributed by atoms with Crippen molar-refractivity contribution >= 4 is 47.8 Å². The van der Waals surface area contributed by atoms with Gasteiger partial charge in [0, 0.05) is 37.1 Å². The molecule has 6 heteroatoms. The molecular formula is C14H25Cl3N2S. The molecule has 0 saturated carbocycles. The summed E-state index contributed by atoms with van der Waals surface area (Å²) in [6.07, 6.45) is 2.49. The van der Waals surface area contributed by atoms with Crippen LogP contribution in [0.2, 0.25) is 5.02 Å². The number of nitrogens with one attached hydrogen (secondary N) is 1. The number of rotatable bonds is 5. The average molecular weight is 360 g/mol. The van der Waals surface area contributed by atoms with E-state index in [2.05, 4.69) is 29.4 Å². The summed E-state index contributed by atoms with van der Waals surface area (Å²) in [5.41, 5.74) is 0. The van der Waals surface area contributed by atoms with Gasteiger partial charge in [-0.05, 0) is 30.2 Å².